The maximum Gasteiger partial charge on any atom is 0.238 e. The molecule has 44 heavy (non-hydrogen) atoms. The number of aliphatic hydroxyl groups is 1. The molecule has 1 aromatic carbocycles. The summed E-state index contributed by atoms with van der Waals surface area (Å²) in [4.78, 5) is 42.0. The van der Waals surface area contributed by atoms with Gasteiger partial charge in [0.15, 0.2) is 15.6 Å². The van der Waals surface area contributed by atoms with Crippen LogP contribution in [0.5, 0.6) is 0 Å². The molecule has 0 radical (unpaired) electrons. The third-order valence-electron chi connectivity index (χ3n) is 8.36. The number of Topliss-reactive ketones (excluding diaryl/α,β-unsaturated/α-hetero) is 1. The molecule has 2 saturated heterocycles. The average molecular weight is 635 g/mol. The molecule has 2 aliphatic heterocycles. The van der Waals surface area contributed by atoms with E-state index in [4.69, 9.17) is 9.47 Å². The standard InChI is InChI=1S/C31H46N4O8S/c1-31(21-43-31)29(38)26(16-22-6-4-3-5-7-22)34-30(39)27(17-23-8-10-25(11-9-23)44(2,40)41)32-18-24(20-36)33-28(37)19-35-12-14-42-15-13-35/h6,8-11,24,26-27,32,36H,3-5,7,12-21H2,1-2H3,(H,33,37)(H,34,39)/t24-,26+,27+,31-/m1/s1. The van der Waals surface area contributed by atoms with Crippen LogP contribution in [0.3, 0.4) is 0 Å². The number of aliphatic hydroxyl groups excluding tert-OH is 1. The van der Waals surface area contributed by atoms with Gasteiger partial charge in [0.25, 0.3) is 0 Å². The Balaban J connectivity index is 1.46. The normalized spacial score (nSPS) is 22.8. The minimum absolute atomic E-state index is 0.0927. The molecule has 1 aromatic rings. The van der Waals surface area contributed by atoms with Crippen molar-refractivity contribution in [2.24, 2.45) is 0 Å². The lowest BCUT2D eigenvalue weighted by Crippen LogP contribution is -2.56. The molecule has 0 unspecified atom stereocenters. The van der Waals surface area contributed by atoms with Crippen molar-refractivity contribution in [3.63, 3.8) is 0 Å². The van der Waals surface area contributed by atoms with Crippen molar-refractivity contribution in [2.45, 2.75) is 74.1 Å². The van der Waals surface area contributed by atoms with Crippen molar-refractivity contribution in [1.82, 2.24) is 20.9 Å². The van der Waals surface area contributed by atoms with Crippen molar-refractivity contribution in [3.05, 3.63) is 41.5 Å². The second kappa shape index (κ2) is 15.5. The summed E-state index contributed by atoms with van der Waals surface area (Å²) >= 11 is 0. The molecular formula is C31H46N4O8S. The Labute approximate surface area is 259 Å². The van der Waals surface area contributed by atoms with E-state index in [0.29, 0.717) is 44.9 Å². The van der Waals surface area contributed by atoms with E-state index in [0.717, 1.165) is 37.5 Å². The molecule has 244 valence electrons. The number of epoxide rings is 1. The zero-order valence-corrected chi connectivity index (χ0v) is 26.5. The molecule has 13 heteroatoms. The second-order valence-corrected chi connectivity index (χ2v) is 14.2. The van der Waals surface area contributed by atoms with Gasteiger partial charge in [0.1, 0.15) is 5.60 Å². The molecule has 3 aliphatic rings. The third kappa shape index (κ3) is 10.2. The number of amides is 2. The van der Waals surface area contributed by atoms with E-state index < -0.39 is 39.5 Å². The molecule has 0 spiro atoms. The Morgan fingerprint density at radius 3 is 2.34 bits per heavy atom. The van der Waals surface area contributed by atoms with Crippen LogP contribution in [0.1, 0.15) is 44.6 Å². The molecule has 12 nitrogen and oxygen atoms in total. The third-order valence-corrected chi connectivity index (χ3v) is 9.49. The number of ketones is 1. The molecule has 2 heterocycles. The van der Waals surface area contributed by atoms with E-state index in [9.17, 15) is 27.9 Å². The zero-order valence-electron chi connectivity index (χ0n) is 25.7. The fraction of sp³-hybridized carbons (Fsp3) is 0.645. The number of nitrogens with one attached hydrogen (secondary N) is 3. The van der Waals surface area contributed by atoms with Gasteiger partial charge < -0.3 is 30.5 Å². The van der Waals surface area contributed by atoms with Gasteiger partial charge in [0, 0.05) is 25.9 Å². The van der Waals surface area contributed by atoms with Crippen LogP contribution in [0.4, 0.5) is 0 Å². The van der Waals surface area contributed by atoms with Gasteiger partial charge in [0.2, 0.25) is 11.8 Å². The van der Waals surface area contributed by atoms with Gasteiger partial charge in [-0.25, -0.2) is 8.42 Å². The van der Waals surface area contributed by atoms with Crippen molar-refractivity contribution < 1.29 is 37.4 Å². The van der Waals surface area contributed by atoms with Gasteiger partial charge in [-0.3, -0.25) is 19.3 Å². The highest BCUT2D eigenvalue weighted by molar-refractivity contribution is 7.90. The highest BCUT2D eigenvalue weighted by Gasteiger charge is 2.50. The number of allylic oxidation sites excluding steroid dienone is 1. The van der Waals surface area contributed by atoms with Crippen LogP contribution in [0.25, 0.3) is 0 Å². The molecule has 0 saturated carbocycles. The summed E-state index contributed by atoms with van der Waals surface area (Å²) in [6.07, 6.45) is 7.86. The van der Waals surface area contributed by atoms with Gasteiger partial charge in [0.05, 0.1) is 56.0 Å². The number of rotatable bonds is 16. The number of carbonyl (C=O) groups is 3. The molecule has 2 fully saturated rings. The lowest BCUT2D eigenvalue weighted by Gasteiger charge is -2.28. The highest BCUT2D eigenvalue weighted by Crippen LogP contribution is 2.31. The molecule has 4 N–H and O–H groups in total. The van der Waals surface area contributed by atoms with Crippen LogP contribution in [0.2, 0.25) is 0 Å². The summed E-state index contributed by atoms with van der Waals surface area (Å²) in [6, 6.07) is 4.03. The maximum absolute atomic E-state index is 13.8. The number of sulfone groups is 1. The summed E-state index contributed by atoms with van der Waals surface area (Å²) in [5.41, 5.74) is 0.935. The summed E-state index contributed by atoms with van der Waals surface area (Å²) in [7, 11) is -3.39. The predicted octanol–water partition coefficient (Wildman–Crippen LogP) is 0.133. The first-order valence-electron chi connectivity index (χ1n) is 15.4. The van der Waals surface area contributed by atoms with Crippen LogP contribution < -0.4 is 16.0 Å². The molecule has 2 amide bonds. The minimum atomic E-state index is -3.39. The van der Waals surface area contributed by atoms with Crippen LogP contribution >= 0.6 is 0 Å². The van der Waals surface area contributed by atoms with E-state index in [2.05, 4.69) is 22.0 Å². The van der Waals surface area contributed by atoms with Gasteiger partial charge in [-0.05, 0) is 63.1 Å². The number of hydrogen-bond donors (Lipinski definition) is 4. The SMILES string of the molecule is C[C@]1(C(=O)[C@H](CC2=CCCCC2)NC(=O)[C@H](Cc2ccc(S(C)(=O)=O)cc2)NC[C@H](CO)NC(=O)CN2CCOCC2)CO1. The van der Waals surface area contributed by atoms with Crippen LogP contribution in [0.15, 0.2) is 40.8 Å². The van der Waals surface area contributed by atoms with Gasteiger partial charge in [-0.2, -0.15) is 0 Å². The van der Waals surface area contributed by atoms with Crippen LogP contribution in [-0.4, -0.2) is 119 Å². The Morgan fingerprint density at radius 1 is 1.05 bits per heavy atom. The zero-order chi connectivity index (χ0) is 31.7. The van der Waals surface area contributed by atoms with Crippen molar-refractivity contribution in [2.75, 3.05) is 58.9 Å². The van der Waals surface area contributed by atoms with Crippen molar-refractivity contribution >= 4 is 27.4 Å². The number of carbonyl (C=O) groups excluding carboxylic acids is 3. The van der Waals surface area contributed by atoms with E-state index in [1.165, 1.54) is 12.1 Å². The fourth-order valence-corrected chi connectivity index (χ4v) is 6.13. The molecule has 1 aliphatic carbocycles. The van der Waals surface area contributed by atoms with Crippen LogP contribution in [-0.2, 0) is 40.1 Å². The summed E-state index contributed by atoms with van der Waals surface area (Å²) in [5, 5.41) is 19.0. The Bertz CT molecular complexity index is 1290. The highest BCUT2D eigenvalue weighted by atomic mass is 32.2. The minimum Gasteiger partial charge on any atom is -0.394 e. The Hall–Kier alpha value is -2.68. The molecule has 0 bridgehead atoms. The average Bonchev–Trinajstić information content (AvgIpc) is 3.76. The molecule has 4 rings (SSSR count). The molecule has 4 atom stereocenters. The van der Waals surface area contributed by atoms with Crippen LogP contribution in [0, 0.1) is 0 Å². The second-order valence-electron chi connectivity index (χ2n) is 12.2. The lowest BCUT2D eigenvalue weighted by molar-refractivity contribution is -0.131. The van der Waals surface area contributed by atoms with Gasteiger partial charge >= 0.3 is 0 Å². The lowest BCUT2D eigenvalue weighted by atomic mass is 9.89. The number of nitrogens with zero attached hydrogens (tertiary/aromatic N) is 1. The van der Waals surface area contributed by atoms with E-state index in [-0.39, 0.29) is 42.7 Å². The first-order valence-corrected chi connectivity index (χ1v) is 17.3. The summed E-state index contributed by atoms with van der Waals surface area (Å²) < 4.78 is 34.6. The number of hydrogen-bond acceptors (Lipinski definition) is 10. The Kier molecular flexibility index (Phi) is 12.1. The summed E-state index contributed by atoms with van der Waals surface area (Å²) in [6.45, 7) is 4.39. The smallest absolute Gasteiger partial charge is 0.238 e. The number of benzene rings is 1. The Morgan fingerprint density at radius 2 is 1.75 bits per heavy atom. The number of morpholine rings is 1. The van der Waals surface area contributed by atoms with Crippen molar-refractivity contribution in [3.8, 4) is 0 Å². The van der Waals surface area contributed by atoms with Crippen molar-refractivity contribution in [1.29, 1.82) is 0 Å². The topological polar surface area (TPSA) is 167 Å². The van der Waals surface area contributed by atoms with Gasteiger partial charge in [-0.15, -0.1) is 0 Å². The quantitative estimate of drug-likeness (QED) is 0.145. The fourth-order valence-electron chi connectivity index (χ4n) is 5.50. The monoisotopic (exact) mass is 634 g/mol. The van der Waals surface area contributed by atoms with E-state index in [1.54, 1.807) is 19.1 Å². The maximum atomic E-state index is 13.8. The van der Waals surface area contributed by atoms with E-state index >= 15 is 0 Å². The first-order chi connectivity index (χ1) is 21.0. The number of ether oxygens (including phenoxy) is 2. The van der Waals surface area contributed by atoms with E-state index in [1.807, 2.05) is 4.90 Å². The van der Waals surface area contributed by atoms with Gasteiger partial charge in [-0.1, -0.05) is 23.8 Å². The molecular weight excluding hydrogens is 588 g/mol. The largest absolute Gasteiger partial charge is 0.394 e. The molecule has 0 aromatic heterocycles. The summed E-state index contributed by atoms with van der Waals surface area (Å²) in [5.74, 6) is -0.820. The first kappa shape index (κ1) is 34.2. The predicted molar refractivity (Wildman–Crippen MR) is 164 cm³/mol.